The summed E-state index contributed by atoms with van der Waals surface area (Å²) in [6.45, 7) is 1.80. The van der Waals surface area contributed by atoms with Gasteiger partial charge >= 0.3 is 0 Å². The molecule has 0 saturated heterocycles. The van der Waals surface area contributed by atoms with Crippen LogP contribution >= 0.6 is 23.4 Å². The van der Waals surface area contributed by atoms with Crippen molar-refractivity contribution in [3.63, 3.8) is 0 Å². The standard InChI is InChI=1S/C10H13ClOS/c1-8(12)6-7-13-10-5-3-2-4-9(10)11/h2-5,8,12H,6-7H2,1H3. The fourth-order valence-corrected chi connectivity index (χ4v) is 2.26. The van der Waals surface area contributed by atoms with Crippen molar-refractivity contribution in [1.82, 2.24) is 0 Å². The first-order valence-corrected chi connectivity index (χ1v) is 5.62. The van der Waals surface area contributed by atoms with Crippen LogP contribution in [0.2, 0.25) is 5.02 Å². The van der Waals surface area contributed by atoms with Gasteiger partial charge < -0.3 is 5.11 Å². The summed E-state index contributed by atoms with van der Waals surface area (Å²) in [6, 6.07) is 7.76. The van der Waals surface area contributed by atoms with Crippen LogP contribution < -0.4 is 0 Å². The molecule has 0 radical (unpaired) electrons. The average Bonchev–Trinajstić information content (AvgIpc) is 2.08. The number of aliphatic hydroxyl groups excluding tert-OH is 1. The SMILES string of the molecule is CC(O)CCSc1ccccc1Cl. The number of hydrogen-bond donors (Lipinski definition) is 1. The normalized spacial score (nSPS) is 12.8. The highest BCUT2D eigenvalue weighted by Crippen LogP contribution is 2.27. The third kappa shape index (κ3) is 4.03. The Kier molecular flexibility index (Phi) is 4.64. The lowest BCUT2D eigenvalue weighted by molar-refractivity contribution is 0.192. The van der Waals surface area contributed by atoms with Crippen LogP contribution in [0, 0.1) is 0 Å². The van der Waals surface area contributed by atoms with Crippen molar-refractivity contribution >= 4 is 23.4 Å². The van der Waals surface area contributed by atoms with Crippen molar-refractivity contribution in [1.29, 1.82) is 0 Å². The molecule has 1 aromatic rings. The van der Waals surface area contributed by atoms with Gasteiger partial charge in [0.15, 0.2) is 0 Å². The number of aliphatic hydroxyl groups is 1. The number of rotatable bonds is 4. The molecular formula is C10H13ClOS. The summed E-state index contributed by atoms with van der Waals surface area (Å²) in [7, 11) is 0. The highest BCUT2D eigenvalue weighted by atomic mass is 35.5. The number of benzene rings is 1. The number of hydrogen-bond acceptors (Lipinski definition) is 2. The molecule has 0 fully saturated rings. The van der Waals surface area contributed by atoms with E-state index in [2.05, 4.69) is 0 Å². The molecule has 0 amide bonds. The van der Waals surface area contributed by atoms with E-state index in [0.717, 1.165) is 22.1 Å². The fraction of sp³-hybridized carbons (Fsp3) is 0.400. The Labute approximate surface area is 88.1 Å². The molecule has 3 heteroatoms. The van der Waals surface area contributed by atoms with E-state index in [1.54, 1.807) is 18.7 Å². The van der Waals surface area contributed by atoms with Crippen molar-refractivity contribution in [3.8, 4) is 0 Å². The average molecular weight is 217 g/mol. The van der Waals surface area contributed by atoms with Crippen LogP contribution in [0.4, 0.5) is 0 Å². The Bertz CT molecular complexity index is 263. The van der Waals surface area contributed by atoms with Gasteiger partial charge in [0, 0.05) is 10.6 Å². The van der Waals surface area contributed by atoms with E-state index in [0.29, 0.717) is 0 Å². The van der Waals surface area contributed by atoms with Gasteiger partial charge in [-0.15, -0.1) is 11.8 Å². The smallest absolute Gasteiger partial charge is 0.0541 e. The molecule has 0 spiro atoms. The van der Waals surface area contributed by atoms with Crippen LogP contribution in [0.5, 0.6) is 0 Å². The predicted octanol–water partition coefficient (Wildman–Crippen LogP) is 3.20. The molecule has 0 saturated carbocycles. The number of halogens is 1. The molecule has 1 N–H and O–H groups in total. The Balaban J connectivity index is 2.41. The molecule has 1 unspecified atom stereocenters. The van der Waals surface area contributed by atoms with Gasteiger partial charge in [0.1, 0.15) is 0 Å². The lowest BCUT2D eigenvalue weighted by atomic mass is 10.3. The van der Waals surface area contributed by atoms with Crippen LogP contribution in [-0.4, -0.2) is 17.0 Å². The molecule has 0 aromatic heterocycles. The van der Waals surface area contributed by atoms with E-state index in [4.69, 9.17) is 16.7 Å². The third-order valence-electron chi connectivity index (χ3n) is 1.63. The molecule has 0 heterocycles. The van der Waals surface area contributed by atoms with Gasteiger partial charge in [0.05, 0.1) is 11.1 Å². The molecular weight excluding hydrogens is 204 g/mol. The maximum Gasteiger partial charge on any atom is 0.0541 e. The van der Waals surface area contributed by atoms with Crippen LogP contribution in [0.3, 0.4) is 0 Å². The van der Waals surface area contributed by atoms with Crippen molar-refractivity contribution in [3.05, 3.63) is 29.3 Å². The minimum absolute atomic E-state index is 0.227. The maximum atomic E-state index is 9.05. The molecule has 1 aromatic carbocycles. The van der Waals surface area contributed by atoms with Gasteiger partial charge in [0.2, 0.25) is 0 Å². The first-order chi connectivity index (χ1) is 6.20. The van der Waals surface area contributed by atoms with Gasteiger partial charge in [0.25, 0.3) is 0 Å². The van der Waals surface area contributed by atoms with Gasteiger partial charge in [-0.05, 0) is 25.5 Å². The molecule has 13 heavy (non-hydrogen) atoms. The second-order valence-corrected chi connectivity index (χ2v) is 4.46. The summed E-state index contributed by atoms with van der Waals surface area (Å²) in [6.07, 6.45) is 0.575. The highest BCUT2D eigenvalue weighted by Gasteiger charge is 2.00. The topological polar surface area (TPSA) is 20.2 Å². The molecule has 0 bridgehead atoms. The maximum absolute atomic E-state index is 9.05. The molecule has 0 aliphatic heterocycles. The highest BCUT2D eigenvalue weighted by molar-refractivity contribution is 7.99. The lowest BCUT2D eigenvalue weighted by Crippen LogP contribution is -2.00. The van der Waals surface area contributed by atoms with Crippen LogP contribution in [0.1, 0.15) is 13.3 Å². The van der Waals surface area contributed by atoms with E-state index in [1.165, 1.54) is 0 Å². The van der Waals surface area contributed by atoms with E-state index in [1.807, 2.05) is 24.3 Å². The number of thioether (sulfide) groups is 1. The zero-order chi connectivity index (χ0) is 9.68. The summed E-state index contributed by atoms with van der Waals surface area (Å²) in [5, 5.41) is 9.84. The Hall–Kier alpha value is -0.180. The Morgan fingerprint density at radius 2 is 2.15 bits per heavy atom. The Morgan fingerprint density at radius 3 is 2.77 bits per heavy atom. The van der Waals surface area contributed by atoms with Gasteiger partial charge in [-0.3, -0.25) is 0 Å². The van der Waals surface area contributed by atoms with E-state index in [-0.39, 0.29) is 6.10 Å². The van der Waals surface area contributed by atoms with Crippen LogP contribution in [0.15, 0.2) is 29.2 Å². The van der Waals surface area contributed by atoms with Gasteiger partial charge in [-0.25, -0.2) is 0 Å². The third-order valence-corrected chi connectivity index (χ3v) is 3.18. The van der Waals surface area contributed by atoms with Gasteiger partial charge in [-0.2, -0.15) is 0 Å². The van der Waals surface area contributed by atoms with Crippen molar-refractivity contribution in [2.45, 2.75) is 24.3 Å². The van der Waals surface area contributed by atoms with E-state index < -0.39 is 0 Å². The van der Waals surface area contributed by atoms with Crippen molar-refractivity contribution in [2.75, 3.05) is 5.75 Å². The van der Waals surface area contributed by atoms with Crippen LogP contribution in [0.25, 0.3) is 0 Å². The largest absolute Gasteiger partial charge is 0.393 e. The summed E-state index contributed by atoms with van der Waals surface area (Å²) in [5.41, 5.74) is 0. The summed E-state index contributed by atoms with van der Waals surface area (Å²) in [4.78, 5) is 1.09. The summed E-state index contributed by atoms with van der Waals surface area (Å²) >= 11 is 7.64. The zero-order valence-electron chi connectivity index (χ0n) is 7.53. The van der Waals surface area contributed by atoms with Crippen molar-refractivity contribution < 1.29 is 5.11 Å². The minimum Gasteiger partial charge on any atom is -0.393 e. The molecule has 1 rings (SSSR count). The minimum atomic E-state index is -0.227. The molecule has 1 atom stereocenters. The van der Waals surface area contributed by atoms with Crippen LogP contribution in [-0.2, 0) is 0 Å². The summed E-state index contributed by atoms with van der Waals surface area (Å²) in [5.74, 6) is 0.904. The first-order valence-electron chi connectivity index (χ1n) is 4.25. The molecule has 0 aliphatic rings. The Morgan fingerprint density at radius 1 is 1.46 bits per heavy atom. The van der Waals surface area contributed by atoms with E-state index >= 15 is 0 Å². The molecule has 1 nitrogen and oxygen atoms in total. The molecule has 72 valence electrons. The fourth-order valence-electron chi connectivity index (χ4n) is 0.901. The second kappa shape index (κ2) is 5.53. The monoisotopic (exact) mass is 216 g/mol. The quantitative estimate of drug-likeness (QED) is 0.781. The molecule has 0 aliphatic carbocycles. The summed E-state index contributed by atoms with van der Waals surface area (Å²) < 4.78 is 0. The van der Waals surface area contributed by atoms with Crippen molar-refractivity contribution in [2.24, 2.45) is 0 Å². The second-order valence-electron chi connectivity index (χ2n) is 2.92. The zero-order valence-corrected chi connectivity index (χ0v) is 9.11. The first kappa shape index (κ1) is 10.9. The van der Waals surface area contributed by atoms with E-state index in [9.17, 15) is 0 Å². The predicted molar refractivity (Wildman–Crippen MR) is 58.5 cm³/mol. The lowest BCUT2D eigenvalue weighted by Gasteiger charge is -2.04. The van der Waals surface area contributed by atoms with Gasteiger partial charge in [-0.1, -0.05) is 23.7 Å².